The van der Waals surface area contributed by atoms with Crippen LogP contribution in [-0.2, 0) is 9.53 Å². The van der Waals surface area contributed by atoms with E-state index in [1.54, 1.807) is 7.11 Å². The summed E-state index contributed by atoms with van der Waals surface area (Å²) >= 11 is 0. The van der Waals surface area contributed by atoms with Gasteiger partial charge in [0.05, 0.1) is 6.61 Å². The van der Waals surface area contributed by atoms with Crippen LogP contribution in [-0.4, -0.2) is 32.8 Å². The molecule has 0 aliphatic heterocycles. The standard InChI is InChI=1S/C13H19NO3/c1-10-6-11(2)8-12(7-10)17-9-13(15)14-4-5-16-3/h6-8H,4-5,9H2,1-3H3,(H,14,15). The predicted octanol–water partition coefficient (Wildman–Crippen LogP) is 1.44. The van der Waals surface area contributed by atoms with Crippen molar-refractivity contribution in [3.05, 3.63) is 29.3 Å². The lowest BCUT2D eigenvalue weighted by molar-refractivity contribution is -0.123. The van der Waals surface area contributed by atoms with E-state index in [0.717, 1.165) is 16.9 Å². The maximum atomic E-state index is 11.4. The molecule has 0 bridgehead atoms. The van der Waals surface area contributed by atoms with Gasteiger partial charge < -0.3 is 14.8 Å². The average Bonchev–Trinajstić information content (AvgIpc) is 2.25. The highest BCUT2D eigenvalue weighted by atomic mass is 16.5. The molecule has 0 saturated heterocycles. The van der Waals surface area contributed by atoms with E-state index in [2.05, 4.69) is 11.4 Å². The zero-order valence-electron chi connectivity index (χ0n) is 10.6. The highest BCUT2D eigenvalue weighted by Gasteiger charge is 2.02. The second-order valence-electron chi connectivity index (χ2n) is 3.95. The Morgan fingerprint density at radius 3 is 2.47 bits per heavy atom. The van der Waals surface area contributed by atoms with Gasteiger partial charge >= 0.3 is 0 Å². The number of methoxy groups -OCH3 is 1. The molecule has 0 heterocycles. The van der Waals surface area contributed by atoms with Gasteiger partial charge in [-0.1, -0.05) is 6.07 Å². The summed E-state index contributed by atoms with van der Waals surface area (Å²) in [5, 5.41) is 2.69. The lowest BCUT2D eigenvalue weighted by Crippen LogP contribution is -2.31. The van der Waals surface area contributed by atoms with Gasteiger partial charge in [-0.25, -0.2) is 0 Å². The van der Waals surface area contributed by atoms with E-state index >= 15 is 0 Å². The van der Waals surface area contributed by atoms with Crippen LogP contribution in [0.15, 0.2) is 18.2 Å². The first-order valence-electron chi connectivity index (χ1n) is 5.58. The molecule has 1 N–H and O–H groups in total. The smallest absolute Gasteiger partial charge is 0.258 e. The van der Waals surface area contributed by atoms with Crippen LogP contribution >= 0.6 is 0 Å². The molecule has 0 fully saturated rings. The number of ether oxygens (including phenoxy) is 2. The number of amides is 1. The van der Waals surface area contributed by atoms with Crippen molar-refractivity contribution in [2.24, 2.45) is 0 Å². The van der Waals surface area contributed by atoms with Crippen LogP contribution in [0.4, 0.5) is 0 Å². The van der Waals surface area contributed by atoms with Crippen molar-refractivity contribution in [1.29, 1.82) is 0 Å². The van der Waals surface area contributed by atoms with Crippen LogP contribution in [0.1, 0.15) is 11.1 Å². The van der Waals surface area contributed by atoms with Gasteiger partial charge in [0.1, 0.15) is 5.75 Å². The molecular formula is C13H19NO3. The molecule has 0 aromatic heterocycles. The molecule has 0 radical (unpaired) electrons. The van der Waals surface area contributed by atoms with Gasteiger partial charge in [-0.3, -0.25) is 4.79 Å². The maximum Gasteiger partial charge on any atom is 0.258 e. The second-order valence-corrected chi connectivity index (χ2v) is 3.95. The van der Waals surface area contributed by atoms with Gasteiger partial charge in [0, 0.05) is 13.7 Å². The van der Waals surface area contributed by atoms with Crippen molar-refractivity contribution in [3.8, 4) is 5.75 Å². The highest BCUT2D eigenvalue weighted by molar-refractivity contribution is 5.77. The lowest BCUT2D eigenvalue weighted by Gasteiger charge is -2.08. The van der Waals surface area contributed by atoms with E-state index < -0.39 is 0 Å². The Labute approximate surface area is 102 Å². The van der Waals surface area contributed by atoms with Crippen molar-refractivity contribution in [3.63, 3.8) is 0 Å². The van der Waals surface area contributed by atoms with E-state index in [-0.39, 0.29) is 12.5 Å². The molecule has 0 atom stereocenters. The number of carbonyl (C=O) groups is 1. The van der Waals surface area contributed by atoms with Crippen LogP contribution in [0.25, 0.3) is 0 Å². The fraction of sp³-hybridized carbons (Fsp3) is 0.462. The van der Waals surface area contributed by atoms with E-state index in [4.69, 9.17) is 9.47 Å². The first-order valence-corrected chi connectivity index (χ1v) is 5.58. The molecular weight excluding hydrogens is 218 g/mol. The van der Waals surface area contributed by atoms with Gasteiger partial charge in [-0.05, 0) is 37.1 Å². The molecule has 0 unspecified atom stereocenters. The first kappa shape index (κ1) is 13.5. The molecule has 0 saturated carbocycles. The summed E-state index contributed by atoms with van der Waals surface area (Å²) in [6, 6.07) is 5.89. The fourth-order valence-corrected chi connectivity index (χ4v) is 1.51. The minimum Gasteiger partial charge on any atom is -0.484 e. The number of rotatable bonds is 6. The normalized spacial score (nSPS) is 10.1. The van der Waals surface area contributed by atoms with E-state index in [1.807, 2.05) is 26.0 Å². The Balaban J connectivity index is 2.36. The Hall–Kier alpha value is -1.55. The van der Waals surface area contributed by atoms with Gasteiger partial charge in [0.15, 0.2) is 6.61 Å². The minimum atomic E-state index is -0.138. The van der Waals surface area contributed by atoms with E-state index in [1.165, 1.54) is 0 Å². The zero-order valence-corrected chi connectivity index (χ0v) is 10.6. The molecule has 1 rings (SSSR count). The predicted molar refractivity (Wildman–Crippen MR) is 66.3 cm³/mol. The third-order valence-electron chi connectivity index (χ3n) is 2.19. The molecule has 1 aromatic rings. The quantitative estimate of drug-likeness (QED) is 0.762. The molecule has 94 valence electrons. The van der Waals surface area contributed by atoms with Crippen molar-refractivity contribution >= 4 is 5.91 Å². The second kappa shape index (κ2) is 6.91. The van der Waals surface area contributed by atoms with Crippen molar-refractivity contribution in [1.82, 2.24) is 5.32 Å². The summed E-state index contributed by atoms with van der Waals surface area (Å²) in [7, 11) is 1.60. The molecule has 4 heteroatoms. The van der Waals surface area contributed by atoms with Crippen LogP contribution in [0, 0.1) is 13.8 Å². The van der Waals surface area contributed by atoms with Crippen LogP contribution in [0.5, 0.6) is 5.75 Å². The molecule has 1 amide bonds. The molecule has 0 spiro atoms. The summed E-state index contributed by atoms with van der Waals surface area (Å²) in [4.78, 5) is 11.4. The highest BCUT2D eigenvalue weighted by Crippen LogP contribution is 2.15. The molecule has 4 nitrogen and oxygen atoms in total. The number of nitrogens with one attached hydrogen (secondary N) is 1. The number of benzene rings is 1. The van der Waals surface area contributed by atoms with Crippen molar-refractivity contribution < 1.29 is 14.3 Å². The van der Waals surface area contributed by atoms with Gasteiger partial charge in [0.25, 0.3) is 5.91 Å². The Bertz CT molecular complexity index is 357. The lowest BCUT2D eigenvalue weighted by atomic mass is 10.1. The number of hydrogen-bond donors (Lipinski definition) is 1. The molecule has 0 aliphatic carbocycles. The summed E-state index contributed by atoms with van der Waals surface area (Å²) in [6.45, 7) is 5.05. The zero-order chi connectivity index (χ0) is 12.7. The number of aryl methyl sites for hydroxylation is 2. The number of hydrogen-bond acceptors (Lipinski definition) is 3. The third kappa shape index (κ3) is 5.36. The SMILES string of the molecule is COCCNC(=O)COc1cc(C)cc(C)c1. The van der Waals surface area contributed by atoms with Crippen LogP contribution in [0.3, 0.4) is 0 Å². The average molecular weight is 237 g/mol. The van der Waals surface area contributed by atoms with E-state index in [0.29, 0.717) is 13.2 Å². The third-order valence-corrected chi connectivity index (χ3v) is 2.19. The Kier molecular flexibility index (Phi) is 5.49. The topological polar surface area (TPSA) is 47.6 Å². The van der Waals surface area contributed by atoms with Gasteiger partial charge in [-0.2, -0.15) is 0 Å². The minimum absolute atomic E-state index is 0.0343. The first-order chi connectivity index (χ1) is 8.11. The molecule has 1 aromatic carbocycles. The fourth-order valence-electron chi connectivity index (χ4n) is 1.51. The van der Waals surface area contributed by atoms with Crippen molar-refractivity contribution in [2.75, 3.05) is 26.9 Å². The molecule has 17 heavy (non-hydrogen) atoms. The van der Waals surface area contributed by atoms with Crippen molar-refractivity contribution in [2.45, 2.75) is 13.8 Å². The summed E-state index contributed by atoms with van der Waals surface area (Å²) < 4.78 is 10.2. The van der Waals surface area contributed by atoms with Crippen LogP contribution in [0.2, 0.25) is 0 Å². The van der Waals surface area contributed by atoms with Gasteiger partial charge in [0.2, 0.25) is 0 Å². The monoisotopic (exact) mass is 237 g/mol. The maximum absolute atomic E-state index is 11.4. The number of carbonyl (C=O) groups excluding carboxylic acids is 1. The Morgan fingerprint density at radius 2 is 1.88 bits per heavy atom. The molecule has 0 aliphatic rings. The summed E-state index contributed by atoms with van der Waals surface area (Å²) in [5.41, 5.74) is 2.25. The largest absolute Gasteiger partial charge is 0.484 e. The summed E-state index contributed by atoms with van der Waals surface area (Å²) in [5.74, 6) is 0.589. The van der Waals surface area contributed by atoms with Gasteiger partial charge in [-0.15, -0.1) is 0 Å². The summed E-state index contributed by atoms with van der Waals surface area (Å²) in [6.07, 6.45) is 0. The van der Waals surface area contributed by atoms with Crippen LogP contribution < -0.4 is 10.1 Å². The van der Waals surface area contributed by atoms with E-state index in [9.17, 15) is 4.79 Å². The Morgan fingerprint density at radius 1 is 1.24 bits per heavy atom.